The van der Waals surface area contributed by atoms with Gasteiger partial charge in [0.2, 0.25) is 0 Å². The number of nitro benzene ring substituents is 1. The second kappa shape index (κ2) is 4.32. The molecule has 2 rings (SSSR count). The van der Waals surface area contributed by atoms with Crippen LogP contribution in [0.15, 0.2) is 27.4 Å². The van der Waals surface area contributed by atoms with Crippen LogP contribution in [0.4, 0.5) is 5.69 Å². The van der Waals surface area contributed by atoms with Crippen LogP contribution in [0, 0.1) is 10.1 Å². The van der Waals surface area contributed by atoms with Gasteiger partial charge in [-0.1, -0.05) is 0 Å². The molecule has 0 bridgehead atoms. The number of carboxylic acids is 1. The summed E-state index contributed by atoms with van der Waals surface area (Å²) in [6.45, 7) is -0.0427. The highest BCUT2D eigenvalue weighted by atomic mass is 16.6. The topological polar surface area (TPSA) is 116 Å². The lowest BCUT2D eigenvalue weighted by atomic mass is 10.3. The molecule has 0 aliphatic carbocycles. The van der Waals surface area contributed by atoms with Crippen molar-refractivity contribution in [2.75, 3.05) is 0 Å². The normalized spacial score (nSPS) is 10.7. The molecular formula is C10H8N2O6. The zero-order valence-corrected chi connectivity index (χ0v) is 9.03. The molecule has 8 nitrogen and oxygen atoms in total. The first-order chi connectivity index (χ1) is 8.49. The number of nitrogens with zero attached hydrogens (tertiary/aromatic N) is 2. The summed E-state index contributed by atoms with van der Waals surface area (Å²) in [5.74, 6) is -1.77. The lowest BCUT2D eigenvalue weighted by Crippen LogP contribution is -2.16. The van der Waals surface area contributed by atoms with E-state index >= 15 is 0 Å². The molecule has 0 saturated carbocycles. The third kappa shape index (κ3) is 2.08. The third-order valence-corrected chi connectivity index (χ3v) is 2.41. The van der Waals surface area contributed by atoms with Crippen molar-refractivity contribution >= 4 is 22.8 Å². The minimum atomic E-state index is -1.04. The summed E-state index contributed by atoms with van der Waals surface area (Å²) < 4.78 is 5.96. The number of non-ortho nitro benzene ring substituents is 1. The standard InChI is InChI=1S/C10H8N2O6/c13-9(14)3-4-11-7-2-1-6(12(16)17)5-8(7)18-10(11)15/h1-2,5H,3-4H2,(H,13,14). The van der Waals surface area contributed by atoms with E-state index in [1.807, 2.05) is 0 Å². The Balaban J connectivity index is 2.49. The van der Waals surface area contributed by atoms with Gasteiger partial charge in [0.05, 0.1) is 22.9 Å². The molecule has 0 unspecified atom stereocenters. The molecule has 0 amide bonds. The minimum Gasteiger partial charge on any atom is -0.481 e. The van der Waals surface area contributed by atoms with Crippen LogP contribution >= 0.6 is 0 Å². The van der Waals surface area contributed by atoms with Crippen molar-refractivity contribution in [3.63, 3.8) is 0 Å². The fourth-order valence-corrected chi connectivity index (χ4v) is 1.59. The summed E-state index contributed by atoms with van der Waals surface area (Å²) in [5, 5.41) is 19.1. The second-order valence-corrected chi connectivity index (χ2v) is 3.57. The first kappa shape index (κ1) is 11.8. The van der Waals surface area contributed by atoms with Gasteiger partial charge in [0, 0.05) is 12.6 Å². The maximum atomic E-state index is 11.5. The number of aromatic nitrogens is 1. The van der Waals surface area contributed by atoms with E-state index in [2.05, 4.69) is 0 Å². The highest BCUT2D eigenvalue weighted by molar-refractivity contribution is 5.76. The number of hydrogen-bond acceptors (Lipinski definition) is 5. The molecule has 0 atom stereocenters. The Labute approximate surface area is 99.2 Å². The largest absolute Gasteiger partial charge is 0.481 e. The number of aryl methyl sites for hydroxylation is 1. The smallest absolute Gasteiger partial charge is 0.419 e. The number of aliphatic carboxylic acids is 1. The number of rotatable bonds is 4. The van der Waals surface area contributed by atoms with Gasteiger partial charge < -0.3 is 9.52 Å². The van der Waals surface area contributed by atoms with E-state index in [0.717, 1.165) is 10.6 Å². The lowest BCUT2D eigenvalue weighted by Gasteiger charge is -1.98. The summed E-state index contributed by atoms with van der Waals surface area (Å²) in [5.41, 5.74) is 0.216. The average molecular weight is 252 g/mol. The van der Waals surface area contributed by atoms with E-state index in [0.29, 0.717) is 5.52 Å². The van der Waals surface area contributed by atoms with E-state index in [9.17, 15) is 19.7 Å². The minimum absolute atomic E-state index is 0.0427. The number of hydrogen-bond donors (Lipinski definition) is 1. The Bertz CT molecular complexity index is 683. The van der Waals surface area contributed by atoms with Crippen LogP contribution in [0.3, 0.4) is 0 Å². The zero-order chi connectivity index (χ0) is 13.3. The molecule has 1 N–H and O–H groups in total. The Kier molecular flexibility index (Phi) is 2.84. The highest BCUT2D eigenvalue weighted by Gasteiger charge is 2.14. The summed E-state index contributed by atoms with van der Waals surface area (Å²) in [4.78, 5) is 31.9. The van der Waals surface area contributed by atoms with Crippen molar-refractivity contribution in [2.45, 2.75) is 13.0 Å². The molecule has 18 heavy (non-hydrogen) atoms. The molecule has 1 heterocycles. The second-order valence-electron chi connectivity index (χ2n) is 3.57. The highest BCUT2D eigenvalue weighted by Crippen LogP contribution is 2.20. The quantitative estimate of drug-likeness (QED) is 0.640. The molecule has 0 aliphatic heterocycles. The SMILES string of the molecule is O=C(O)CCn1c(=O)oc2cc([N+](=O)[O-])ccc21. The number of carbonyl (C=O) groups is 1. The Morgan fingerprint density at radius 1 is 1.50 bits per heavy atom. The van der Waals surface area contributed by atoms with Crippen molar-refractivity contribution in [1.29, 1.82) is 0 Å². The van der Waals surface area contributed by atoms with Crippen LogP contribution in [0.1, 0.15) is 6.42 Å². The maximum Gasteiger partial charge on any atom is 0.419 e. The van der Waals surface area contributed by atoms with Crippen molar-refractivity contribution in [3.8, 4) is 0 Å². The fourth-order valence-electron chi connectivity index (χ4n) is 1.59. The van der Waals surface area contributed by atoms with Crippen LogP contribution in [0.5, 0.6) is 0 Å². The van der Waals surface area contributed by atoms with Crippen molar-refractivity contribution < 1.29 is 19.2 Å². The van der Waals surface area contributed by atoms with Crippen LogP contribution in [0.25, 0.3) is 11.1 Å². The van der Waals surface area contributed by atoms with Gasteiger partial charge in [-0.3, -0.25) is 19.5 Å². The zero-order valence-electron chi connectivity index (χ0n) is 9.03. The fraction of sp³-hybridized carbons (Fsp3) is 0.200. The van der Waals surface area contributed by atoms with E-state index < -0.39 is 16.6 Å². The number of oxazole rings is 1. The molecule has 0 saturated heterocycles. The van der Waals surface area contributed by atoms with Crippen molar-refractivity contribution in [1.82, 2.24) is 4.57 Å². The van der Waals surface area contributed by atoms with Gasteiger partial charge in [-0.15, -0.1) is 0 Å². The van der Waals surface area contributed by atoms with Gasteiger partial charge in [0.25, 0.3) is 5.69 Å². The molecular weight excluding hydrogens is 244 g/mol. The van der Waals surface area contributed by atoms with Crippen molar-refractivity contribution in [2.24, 2.45) is 0 Å². The predicted molar refractivity (Wildman–Crippen MR) is 59.4 cm³/mol. The molecule has 94 valence electrons. The Hall–Kier alpha value is -2.64. The number of nitro groups is 1. The predicted octanol–water partition coefficient (Wildman–Crippen LogP) is 0.977. The van der Waals surface area contributed by atoms with Crippen LogP contribution in [0.2, 0.25) is 0 Å². The van der Waals surface area contributed by atoms with Gasteiger partial charge >= 0.3 is 11.7 Å². The Morgan fingerprint density at radius 2 is 2.22 bits per heavy atom. The summed E-state index contributed by atoms with van der Waals surface area (Å²) in [7, 11) is 0. The maximum absolute atomic E-state index is 11.5. The lowest BCUT2D eigenvalue weighted by molar-refractivity contribution is -0.384. The van der Waals surface area contributed by atoms with Gasteiger partial charge in [-0.25, -0.2) is 4.79 Å². The van der Waals surface area contributed by atoms with E-state index in [1.165, 1.54) is 12.1 Å². The molecule has 1 aromatic carbocycles. The van der Waals surface area contributed by atoms with E-state index in [1.54, 1.807) is 0 Å². The van der Waals surface area contributed by atoms with Gasteiger partial charge in [-0.05, 0) is 6.07 Å². The van der Waals surface area contributed by atoms with Crippen LogP contribution in [-0.2, 0) is 11.3 Å². The van der Waals surface area contributed by atoms with Gasteiger partial charge in [0.15, 0.2) is 5.58 Å². The molecule has 0 aliphatic rings. The van der Waals surface area contributed by atoms with Crippen LogP contribution in [-0.4, -0.2) is 20.6 Å². The number of carboxylic acid groups (broad SMARTS) is 1. The van der Waals surface area contributed by atoms with Gasteiger partial charge in [0.1, 0.15) is 0 Å². The number of benzene rings is 1. The average Bonchev–Trinajstić information content (AvgIpc) is 2.60. The first-order valence-corrected chi connectivity index (χ1v) is 4.98. The molecule has 1 aromatic heterocycles. The summed E-state index contributed by atoms with van der Waals surface area (Å²) >= 11 is 0. The van der Waals surface area contributed by atoms with E-state index in [-0.39, 0.29) is 24.2 Å². The summed E-state index contributed by atoms with van der Waals surface area (Å²) in [6, 6.07) is 3.72. The molecule has 8 heteroatoms. The molecule has 0 spiro atoms. The summed E-state index contributed by atoms with van der Waals surface area (Å²) in [6.07, 6.45) is -0.231. The molecule has 2 aromatic rings. The number of fused-ring (bicyclic) bond motifs is 1. The van der Waals surface area contributed by atoms with Crippen molar-refractivity contribution in [3.05, 3.63) is 38.9 Å². The third-order valence-electron chi connectivity index (χ3n) is 2.41. The van der Waals surface area contributed by atoms with E-state index in [4.69, 9.17) is 9.52 Å². The monoisotopic (exact) mass is 252 g/mol. The van der Waals surface area contributed by atoms with Crippen LogP contribution < -0.4 is 5.76 Å². The Morgan fingerprint density at radius 3 is 2.83 bits per heavy atom. The first-order valence-electron chi connectivity index (χ1n) is 4.98. The molecule has 0 fully saturated rings. The molecule has 0 radical (unpaired) electrons. The van der Waals surface area contributed by atoms with Gasteiger partial charge in [-0.2, -0.15) is 0 Å².